The van der Waals surface area contributed by atoms with Crippen molar-refractivity contribution in [3.8, 4) is 0 Å². The Balaban J connectivity index is 1.70. The lowest BCUT2D eigenvalue weighted by atomic mass is 10.1. The van der Waals surface area contributed by atoms with Crippen LogP contribution in [-0.4, -0.2) is 37.6 Å². The van der Waals surface area contributed by atoms with E-state index in [0.29, 0.717) is 12.1 Å². The molecule has 0 saturated carbocycles. The Morgan fingerprint density at radius 3 is 2.67 bits per heavy atom. The lowest BCUT2D eigenvalue weighted by Crippen LogP contribution is -2.34. The van der Waals surface area contributed by atoms with Gasteiger partial charge in [0.2, 0.25) is 5.91 Å². The minimum absolute atomic E-state index is 0.106. The van der Waals surface area contributed by atoms with Crippen molar-refractivity contribution in [2.45, 2.75) is 26.4 Å². The Labute approximate surface area is 138 Å². The number of carbonyl (C=O) groups is 1. The number of fused-ring (bicyclic) bond motifs is 1. The van der Waals surface area contributed by atoms with E-state index >= 15 is 0 Å². The first-order valence-electron chi connectivity index (χ1n) is 7.79. The van der Waals surface area contributed by atoms with Crippen LogP contribution in [0.3, 0.4) is 0 Å². The minimum Gasteiger partial charge on any atom is -0.343 e. The molecular weight excluding hydrogens is 306 g/mol. The van der Waals surface area contributed by atoms with E-state index in [4.69, 9.17) is 0 Å². The summed E-state index contributed by atoms with van der Waals surface area (Å²) in [5.41, 5.74) is 2.79. The lowest BCUT2D eigenvalue weighted by Gasteiger charge is -2.17. The predicted molar refractivity (Wildman–Crippen MR) is 90.4 cm³/mol. The van der Waals surface area contributed by atoms with Crippen LogP contribution in [0.25, 0.3) is 11.0 Å². The highest BCUT2D eigenvalue weighted by Crippen LogP contribution is 2.08. The summed E-state index contributed by atoms with van der Waals surface area (Å²) in [6.45, 7) is 2.49. The summed E-state index contributed by atoms with van der Waals surface area (Å²) >= 11 is 0. The number of nitrogens with one attached hydrogen (secondary N) is 1. The Bertz CT molecular complexity index is 911. The average molecular weight is 325 g/mol. The molecule has 3 rings (SSSR count). The minimum atomic E-state index is -0.372. The normalized spacial score (nSPS) is 10.9. The second kappa shape index (κ2) is 6.66. The second-order valence-electron chi connectivity index (χ2n) is 5.69. The fourth-order valence-electron chi connectivity index (χ4n) is 2.48. The molecule has 0 aliphatic carbocycles. The van der Waals surface area contributed by atoms with Crippen molar-refractivity contribution in [3.63, 3.8) is 0 Å². The van der Waals surface area contributed by atoms with Crippen molar-refractivity contribution in [1.82, 2.24) is 24.6 Å². The number of aromatic nitrogens is 4. The van der Waals surface area contributed by atoms with Gasteiger partial charge >= 0.3 is 0 Å². The second-order valence-corrected chi connectivity index (χ2v) is 5.69. The number of aryl methyl sites for hydroxylation is 1. The van der Waals surface area contributed by atoms with Gasteiger partial charge in [-0.1, -0.05) is 31.2 Å². The number of benzene rings is 1. The van der Waals surface area contributed by atoms with Crippen LogP contribution in [0.2, 0.25) is 0 Å². The van der Waals surface area contributed by atoms with Gasteiger partial charge in [0.25, 0.3) is 5.56 Å². The van der Waals surface area contributed by atoms with E-state index in [1.54, 1.807) is 11.9 Å². The van der Waals surface area contributed by atoms with Crippen molar-refractivity contribution >= 4 is 16.9 Å². The molecular formula is C17H19N5O2. The predicted octanol–water partition coefficient (Wildman–Crippen LogP) is 1.34. The summed E-state index contributed by atoms with van der Waals surface area (Å²) in [7, 11) is 1.72. The first-order chi connectivity index (χ1) is 11.6. The molecule has 0 atom stereocenters. The Kier molecular flexibility index (Phi) is 4.41. The van der Waals surface area contributed by atoms with Crippen molar-refractivity contribution in [1.29, 1.82) is 0 Å². The van der Waals surface area contributed by atoms with Crippen molar-refractivity contribution in [3.05, 3.63) is 58.3 Å². The molecule has 2 heterocycles. The molecule has 24 heavy (non-hydrogen) atoms. The van der Waals surface area contributed by atoms with Gasteiger partial charge in [-0.15, -0.1) is 0 Å². The summed E-state index contributed by atoms with van der Waals surface area (Å²) < 4.78 is 1.14. The number of rotatable bonds is 5. The van der Waals surface area contributed by atoms with Crippen LogP contribution >= 0.6 is 0 Å². The van der Waals surface area contributed by atoms with Crippen LogP contribution in [-0.2, 0) is 24.3 Å². The summed E-state index contributed by atoms with van der Waals surface area (Å²) in [5, 5.41) is 4.02. The van der Waals surface area contributed by atoms with Crippen LogP contribution < -0.4 is 5.56 Å². The van der Waals surface area contributed by atoms with Gasteiger partial charge in [0.1, 0.15) is 6.54 Å². The molecule has 0 fully saturated rings. The summed E-state index contributed by atoms with van der Waals surface area (Å²) in [6, 6.07) is 8.15. The maximum absolute atomic E-state index is 12.4. The molecule has 7 heteroatoms. The van der Waals surface area contributed by atoms with Crippen LogP contribution in [0.5, 0.6) is 0 Å². The fraction of sp³-hybridized carbons (Fsp3) is 0.294. The highest BCUT2D eigenvalue weighted by Gasteiger charge is 2.14. The van der Waals surface area contributed by atoms with Crippen LogP contribution in [0.4, 0.5) is 0 Å². The van der Waals surface area contributed by atoms with Gasteiger partial charge < -0.3 is 9.88 Å². The van der Waals surface area contributed by atoms with Gasteiger partial charge in [-0.2, -0.15) is 5.10 Å². The number of amides is 1. The largest absolute Gasteiger partial charge is 0.343 e. The van der Waals surface area contributed by atoms with E-state index in [-0.39, 0.29) is 23.5 Å². The molecule has 0 spiro atoms. The molecule has 2 aromatic heterocycles. The monoisotopic (exact) mass is 325 g/mol. The molecule has 124 valence electrons. The molecule has 0 aliphatic heterocycles. The van der Waals surface area contributed by atoms with Gasteiger partial charge in [-0.25, -0.2) is 9.67 Å². The number of nitrogens with zero attached hydrogens (tertiary/aromatic N) is 4. The zero-order chi connectivity index (χ0) is 17.1. The van der Waals surface area contributed by atoms with Gasteiger partial charge in [0, 0.05) is 13.6 Å². The topological polar surface area (TPSA) is 83.9 Å². The number of H-pyrrole nitrogens is 1. The fourth-order valence-corrected chi connectivity index (χ4v) is 2.48. The first kappa shape index (κ1) is 15.9. The molecule has 3 aromatic rings. The summed E-state index contributed by atoms with van der Waals surface area (Å²) in [4.78, 5) is 33.0. The maximum atomic E-state index is 12.4. The quantitative estimate of drug-likeness (QED) is 0.767. The van der Waals surface area contributed by atoms with Gasteiger partial charge in [-0.3, -0.25) is 9.59 Å². The lowest BCUT2D eigenvalue weighted by molar-refractivity contribution is -0.131. The SMILES string of the molecule is CCc1ccc(CN(C)C(=O)Cn2ncc3[nH]cnc3c2=O)cc1. The Morgan fingerprint density at radius 2 is 1.96 bits per heavy atom. The highest BCUT2D eigenvalue weighted by atomic mass is 16.2. The third-order valence-electron chi connectivity index (χ3n) is 3.99. The zero-order valence-corrected chi connectivity index (χ0v) is 13.7. The smallest absolute Gasteiger partial charge is 0.295 e. The number of carbonyl (C=O) groups excluding carboxylic acids is 1. The molecule has 0 unspecified atom stereocenters. The molecule has 1 aromatic carbocycles. The molecule has 1 amide bonds. The van der Waals surface area contributed by atoms with Gasteiger partial charge in [0.15, 0.2) is 5.52 Å². The van der Waals surface area contributed by atoms with Crippen LogP contribution in [0, 0.1) is 0 Å². The van der Waals surface area contributed by atoms with E-state index in [9.17, 15) is 9.59 Å². The molecule has 1 N–H and O–H groups in total. The summed E-state index contributed by atoms with van der Waals surface area (Å²) in [5.74, 6) is -0.181. The Hall–Kier alpha value is -2.96. The van der Waals surface area contributed by atoms with E-state index in [0.717, 1.165) is 16.7 Å². The van der Waals surface area contributed by atoms with E-state index in [1.165, 1.54) is 18.1 Å². The molecule has 0 aliphatic rings. The van der Waals surface area contributed by atoms with E-state index in [1.807, 2.05) is 12.1 Å². The van der Waals surface area contributed by atoms with Gasteiger partial charge in [0.05, 0.1) is 18.0 Å². The number of hydrogen-bond donors (Lipinski definition) is 1. The van der Waals surface area contributed by atoms with E-state index in [2.05, 4.69) is 34.1 Å². The third kappa shape index (κ3) is 3.19. The van der Waals surface area contributed by atoms with Crippen molar-refractivity contribution < 1.29 is 4.79 Å². The standard InChI is InChI=1S/C17H19N5O2/c1-3-12-4-6-13(7-5-12)9-21(2)15(23)10-22-17(24)16-14(8-20-22)18-11-19-16/h4-8,11H,3,9-10H2,1-2H3,(H,18,19). The number of aromatic amines is 1. The van der Waals surface area contributed by atoms with Gasteiger partial charge in [-0.05, 0) is 17.5 Å². The summed E-state index contributed by atoms with van der Waals surface area (Å²) in [6.07, 6.45) is 3.92. The number of hydrogen-bond acceptors (Lipinski definition) is 4. The van der Waals surface area contributed by atoms with Crippen LogP contribution in [0.15, 0.2) is 41.6 Å². The molecule has 0 radical (unpaired) electrons. The number of imidazole rings is 1. The third-order valence-corrected chi connectivity index (χ3v) is 3.99. The van der Waals surface area contributed by atoms with Crippen molar-refractivity contribution in [2.75, 3.05) is 7.05 Å². The highest BCUT2D eigenvalue weighted by molar-refractivity contribution is 5.76. The first-order valence-corrected chi connectivity index (χ1v) is 7.79. The van der Waals surface area contributed by atoms with Crippen molar-refractivity contribution in [2.24, 2.45) is 0 Å². The van der Waals surface area contributed by atoms with Crippen LogP contribution in [0.1, 0.15) is 18.1 Å². The maximum Gasteiger partial charge on any atom is 0.295 e. The van der Waals surface area contributed by atoms with E-state index < -0.39 is 0 Å². The number of likely N-dealkylation sites (N-methyl/N-ethyl adjacent to an activating group) is 1. The molecule has 0 saturated heterocycles. The molecule has 0 bridgehead atoms. The molecule has 7 nitrogen and oxygen atoms in total. The zero-order valence-electron chi connectivity index (χ0n) is 13.7. The Morgan fingerprint density at radius 1 is 1.25 bits per heavy atom. The average Bonchev–Trinajstić information content (AvgIpc) is 3.07.